The van der Waals surface area contributed by atoms with E-state index in [1.54, 1.807) is 0 Å². The van der Waals surface area contributed by atoms with Gasteiger partial charge in [0.2, 0.25) is 0 Å². The number of guanidine groups is 1. The number of aliphatic imine (C=N–C) groups is 1. The average molecular weight is 358 g/mol. The molecule has 0 bridgehead atoms. The molecule has 0 fully saturated rings. The van der Waals surface area contributed by atoms with Gasteiger partial charge in [-0.25, -0.2) is 24.9 Å². The fraction of sp³-hybridized carbons (Fsp3) is 0.462. The molecule has 12 heteroatoms. The lowest BCUT2D eigenvalue weighted by Gasteiger charge is -2.07. The van der Waals surface area contributed by atoms with Crippen molar-refractivity contribution >= 4 is 11.8 Å². The van der Waals surface area contributed by atoms with Crippen LogP contribution < -0.4 is 16.7 Å². The lowest BCUT2D eigenvalue weighted by molar-refractivity contribution is -0.118. The van der Waals surface area contributed by atoms with E-state index in [4.69, 9.17) is 5.73 Å². The summed E-state index contributed by atoms with van der Waals surface area (Å²) in [5.74, 6) is 0.994. The van der Waals surface area contributed by atoms with Gasteiger partial charge in [0.1, 0.15) is 24.0 Å². The van der Waals surface area contributed by atoms with Gasteiger partial charge in [-0.1, -0.05) is 0 Å². The molecule has 0 radical (unpaired) electrons. The van der Waals surface area contributed by atoms with Gasteiger partial charge in [-0.2, -0.15) is 18.3 Å². The Morgan fingerprint density at radius 3 is 2.76 bits per heavy atom. The Kier molecular flexibility index (Phi) is 6.08. The molecule has 2 heterocycles. The predicted molar refractivity (Wildman–Crippen MR) is 84.0 cm³/mol. The van der Waals surface area contributed by atoms with E-state index in [1.165, 1.54) is 12.3 Å². The summed E-state index contributed by atoms with van der Waals surface area (Å²) in [6.07, 6.45) is -0.265. The van der Waals surface area contributed by atoms with Crippen molar-refractivity contribution < 1.29 is 13.2 Å². The van der Waals surface area contributed by atoms with Gasteiger partial charge < -0.3 is 11.1 Å². The van der Waals surface area contributed by atoms with Gasteiger partial charge in [-0.15, -0.1) is 0 Å². The van der Waals surface area contributed by atoms with E-state index < -0.39 is 12.7 Å². The number of nitrogens with one attached hydrogen (secondary N) is 3. The number of aryl methyl sites for hydroxylation is 2. The molecule has 0 spiro atoms. The third kappa shape index (κ3) is 7.01. The molecule has 0 aromatic carbocycles. The number of rotatable bonds is 7. The highest BCUT2D eigenvalue weighted by Gasteiger charge is 2.26. The van der Waals surface area contributed by atoms with E-state index >= 15 is 0 Å². The molecule has 136 valence electrons. The Bertz CT molecular complexity index is 767. The first-order chi connectivity index (χ1) is 11.8. The van der Waals surface area contributed by atoms with Crippen LogP contribution in [0.1, 0.15) is 24.5 Å². The maximum atomic E-state index is 12.1. The fourth-order valence-electron chi connectivity index (χ4n) is 1.93. The van der Waals surface area contributed by atoms with E-state index in [1.807, 2.05) is 0 Å². The first kappa shape index (κ1) is 18.4. The Morgan fingerprint density at radius 1 is 1.32 bits per heavy atom. The zero-order valence-corrected chi connectivity index (χ0v) is 13.1. The van der Waals surface area contributed by atoms with Gasteiger partial charge in [-0.05, 0) is 18.9 Å². The topological polar surface area (TPSA) is 138 Å². The summed E-state index contributed by atoms with van der Waals surface area (Å²) in [6.45, 7) is -1.36. The van der Waals surface area contributed by atoms with Crippen molar-refractivity contribution in [3.63, 3.8) is 0 Å². The van der Waals surface area contributed by atoms with E-state index in [0.29, 0.717) is 24.5 Å². The second-order valence-corrected chi connectivity index (χ2v) is 5.13. The highest BCUT2D eigenvalue weighted by molar-refractivity contribution is 5.91. The van der Waals surface area contributed by atoms with Gasteiger partial charge in [-0.3, -0.25) is 4.98 Å². The van der Waals surface area contributed by atoms with E-state index in [9.17, 15) is 18.0 Å². The van der Waals surface area contributed by atoms with Crippen molar-refractivity contribution in [1.29, 1.82) is 0 Å². The van der Waals surface area contributed by atoms with Crippen LogP contribution in [0.3, 0.4) is 0 Å². The zero-order valence-electron chi connectivity index (χ0n) is 13.1. The van der Waals surface area contributed by atoms with Crippen LogP contribution in [0.15, 0.2) is 22.1 Å². The summed E-state index contributed by atoms with van der Waals surface area (Å²) in [5, 5.41) is 8.58. The van der Waals surface area contributed by atoms with E-state index in [0.717, 1.165) is 12.8 Å². The zero-order chi connectivity index (χ0) is 18.3. The van der Waals surface area contributed by atoms with Crippen molar-refractivity contribution in [3.8, 4) is 0 Å². The lowest BCUT2D eigenvalue weighted by atomic mass is 10.2. The highest BCUT2D eigenvalue weighted by atomic mass is 19.4. The third-order valence-corrected chi connectivity index (χ3v) is 3.00. The minimum absolute atomic E-state index is 0.269. The van der Waals surface area contributed by atoms with Crippen molar-refractivity contribution in [2.45, 2.75) is 31.9 Å². The summed E-state index contributed by atoms with van der Waals surface area (Å²) in [7, 11) is 0. The van der Waals surface area contributed by atoms with E-state index in [2.05, 4.69) is 35.5 Å². The number of aromatic nitrogens is 5. The fourth-order valence-corrected chi connectivity index (χ4v) is 1.93. The van der Waals surface area contributed by atoms with Gasteiger partial charge in [0.25, 0.3) is 0 Å². The van der Waals surface area contributed by atoms with Crippen LogP contribution in [0.25, 0.3) is 0 Å². The molecule has 0 aliphatic heterocycles. The molecule has 0 unspecified atom stereocenters. The molecule has 2 aromatic rings. The highest BCUT2D eigenvalue weighted by Crippen LogP contribution is 2.14. The van der Waals surface area contributed by atoms with Crippen LogP contribution in [-0.4, -0.2) is 43.8 Å². The molecule has 0 saturated heterocycles. The first-order valence-electron chi connectivity index (χ1n) is 7.41. The van der Waals surface area contributed by atoms with Crippen LogP contribution in [0, 0.1) is 0 Å². The number of nitrogens with zero attached hydrogens (tertiary/aromatic N) is 4. The van der Waals surface area contributed by atoms with Crippen LogP contribution in [0.2, 0.25) is 0 Å². The van der Waals surface area contributed by atoms with Crippen molar-refractivity contribution in [1.82, 2.24) is 25.1 Å². The van der Waals surface area contributed by atoms with Gasteiger partial charge >= 0.3 is 11.9 Å². The van der Waals surface area contributed by atoms with Crippen molar-refractivity contribution in [3.05, 3.63) is 34.4 Å². The monoisotopic (exact) mass is 358 g/mol. The van der Waals surface area contributed by atoms with Gasteiger partial charge in [0.15, 0.2) is 5.96 Å². The summed E-state index contributed by atoms with van der Waals surface area (Å²) < 4.78 is 36.2. The normalized spacial score (nSPS) is 12.4. The Morgan fingerprint density at radius 2 is 2.08 bits per heavy atom. The molecule has 9 nitrogen and oxygen atoms in total. The lowest BCUT2D eigenvalue weighted by Crippen LogP contribution is -2.26. The van der Waals surface area contributed by atoms with Gasteiger partial charge in [0, 0.05) is 19.0 Å². The van der Waals surface area contributed by atoms with Gasteiger partial charge in [0.05, 0.1) is 0 Å². The number of H-pyrrole nitrogens is 2. The Labute approximate surface area is 140 Å². The van der Waals surface area contributed by atoms with Crippen LogP contribution in [0.4, 0.5) is 19.0 Å². The summed E-state index contributed by atoms with van der Waals surface area (Å²) in [5.41, 5.74) is 5.05. The summed E-state index contributed by atoms with van der Waals surface area (Å²) in [4.78, 5) is 24.9. The molecule has 2 aromatic heterocycles. The van der Waals surface area contributed by atoms with Crippen molar-refractivity contribution in [2.24, 2.45) is 10.7 Å². The molecular weight excluding hydrogens is 341 g/mol. The van der Waals surface area contributed by atoms with E-state index in [-0.39, 0.29) is 17.5 Å². The molecule has 0 aliphatic carbocycles. The molecule has 25 heavy (non-hydrogen) atoms. The number of hydrogen-bond donors (Lipinski definition) is 4. The molecule has 0 saturated carbocycles. The van der Waals surface area contributed by atoms with Crippen molar-refractivity contribution in [2.75, 3.05) is 11.9 Å². The molecule has 5 N–H and O–H groups in total. The quantitative estimate of drug-likeness (QED) is 0.327. The Balaban J connectivity index is 1.81. The third-order valence-electron chi connectivity index (χ3n) is 3.00. The number of hydrogen-bond acceptors (Lipinski definition) is 5. The van der Waals surface area contributed by atoms with Crippen LogP contribution in [-0.2, 0) is 12.8 Å². The number of anilines is 1. The summed E-state index contributed by atoms with van der Waals surface area (Å²) in [6, 6.07) is 1.48. The molecular formula is C13H17F3N8O. The summed E-state index contributed by atoms with van der Waals surface area (Å²) >= 11 is 0. The number of halogens is 3. The number of unbranched alkanes of at least 4 members (excludes halogenated alkanes) is 1. The smallest absolute Gasteiger partial charge is 0.370 e. The van der Waals surface area contributed by atoms with Crippen LogP contribution >= 0.6 is 0 Å². The minimum Gasteiger partial charge on any atom is -0.370 e. The minimum atomic E-state index is -4.41. The molecule has 0 amide bonds. The van der Waals surface area contributed by atoms with Crippen LogP contribution in [0.5, 0.6) is 0 Å². The second kappa shape index (κ2) is 8.26. The molecule has 0 aliphatic rings. The molecule has 2 rings (SSSR count). The SMILES string of the molecule is NC(=NCC(F)(F)F)Nc1ccnc(CCCCc2n[nH]c(=O)[nH]2)n1. The Hall–Kier alpha value is -2.92. The number of nitrogens with two attached hydrogens (primary N) is 1. The largest absolute Gasteiger partial charge is 0.408 e. The number of aromatic amines is 2. The molecule has 0 atom stereocenters. The standard InChI is InChI=1S/C13H17F3N8O/c14-13(15,16)7-19-11(17)21-9-5-6-18-8(20-9)3-1-2-4-10-22-12(25)24-23-10/h5-6H,1-4,7H2,(H2,22,23,24,25)(H3,17,18,19,20,21). The number of alkyl halides is 3. The first-order valence-corrected chi connectivity index (χ1v) is 7.41. The second-order valence-electron chi connectivity index (χ2n) is 5.13. The maximum Gasteiger partial charge on any atom is 0.408 e. The predicted octanol–water partition coefficient (Wildman–Crippen LogP) is 0.742. The maximum absolute atomic E-state index is 12.1. The average Bonchev–Trinajstić information content (AvgIpc) is 2.95.